The van der Waals surface area contributed by atoms with E-state index in [1.807, 2.05) is 36.7 Å². The molecule has 3 rings (SSSR count). The Balaban J connectivity index is 1.85. The molecule has 5 heteroatoms. The Labute approximate surface area is 148 Å². The van der Waals surface area contributed by atoms with Gasteiger partial charge in [-0.25, -0.2) is 4.98 Å². The summed E-state index contributed by atoms with van der Waals surface area (Å²) in [5.41, 5.74) is 5.32. The van der Waals surface area contributed by atoms with Crippen LogP contribution < -0.4 is 0 Å². The van der Waals surface area contributed by atoms with Crippen LogP contribution in [-0.4, -0.2) is 25.1 Å². The van der Waals surface area contributed by atoms with Gasteiger partial charge in [-0.1, -0.05) is 18.2 Å². The Morgan fingerprint density at radius 2 is 2.04 bits per heavy atom. The van der Waals surface area contributed by atoms with Gasteiger partial charge in [0, 0.05) is 42.3 Å². The number of aryl methyl sites for hydroxylation is 3. The van der Waals surface area contributed by atoms with Crippen molar-refractivity contribution in [3.63, 3.8) is 0 Å². The topological polar surface area (TPSA) is 52.7 Å². The fourth-order valence-corrected chi connectivity index (χ4v) is 3.26. The van der Waals surface area contributed by atoms with E-state index in [-0.39, 0.29) is 5.78 Å². The summed E-state index contributed by atoms with van der Waals surface area (Å²) < 4.78 is 4.19. The molecule has 3 aromatic rings. The van der Waals surface area contributed by atoms with E-state index in [9.17, 15) is 4.79 Å². The Morgan fingerprint density at radius 1 is 1.24 bits per heavy atom. The summed E-state index contributed by atoms with van der Waals surface area (Å²) in [6, 6.07) is 7.65. The number of ketones is 1. The van der Waals surface area contributed by atoms with Crippen molar-refractivity contribution in [2.75, 3.05) is 0 Å². The largest absolute Gasteiger partial charge is 0.331 e. The number of carbonyl (C=O) groups excluding carboxylic acids is 1. The Morgan fingerprint density at radius 3 is 2.72 bits per heavy atom. The number of hydrogen-bond donors (Lipinski definition) is 0. The summed E-state index contributed by atoms with van der Waals surface area (Å²) in [7, 11) is 0. The predicted molar refractivity (Wildman–Crippen MR) is 98.7 cm³/mol. The first-order valence-electron chi connectivity index (χ1n) is 8.66. The smallest absolute Gasteiger partial charge is 0.159 e. The van der Waals surface area contributed by atoms with Crippen molar-refractivity contribution in [3.8, 4) is 11.4 Å². The summed E-state index contributed by atoms with van der Waals surface area (Å²) in [6.07, 6.45) is 4.71. The zero-order valence-corrected chi connectivity index (χ0v) is 15.3. The molecule has 0 spiro atoms. The number of benzene rings is 1. The molecular formula is C20H24N4O. The molecule has 2 heterocycles. The van der Waals surface area contributed by atoms with E-state index < -0.39 is 0 Å². The van der Waals surface area contributed by atoms with Gasteiger partial charge in [-0.2, -0.15) is 5.10 Å². The van der Waals surface area contributed by atoms with Crippen LogP contribution in [-0.2, 0) is 19.5 Å². The van der Waals surface area contributed by atoms with Gasteiger partial charge in [0.25, 0.3) is 0 Å². The van der Waals surface area contributed by atoms with E-state index in [2.05, 4.69) is 40.1 Å². The minimum Gasteiger partial charge on any atom is -0.331 e. The van der Waals surface area contributed by atoms with Gasteiger partial charge in [-0.15, -0.1) is 0 Å². The molecule has 0 aliphatic rings. The van der Waals surface area contributed by atoms with Gasteiger partial charge in [0.2, 0.25) is 0 Å². The van der Waals surface area contributed by atoms with Gasteiger partial charge in [-0.3, -0.25) is 9.48 Å². The maximum absolute atomic E-state index is 11.6. The highest BCUT2D eigenvalue weighted by molar-refractivity contribution is 5.95. The summed E-state index contributed by atoms with van der Waals surface area (Å²) >= 11 is 0. The van der Waals surface area contributed by atoms with Crippen molar-refractivity contribution in [2.45, 2.75) is 47.2 Å². The lowest BCUT2D eigenvalue weighted by molar-refractivity contribution is 0.101. The minimum absolute atomic E-state index is 0.0678. The van der Waals surface area contributed by atoms with Gasteiger partial charge >= 0.3 is 0 Å². The van der Waals surface area contributed by atoms with Gasteiger partial charge in [0.1, 0.15) is 5.82 Å². The van der Waals surface area contributed by atoms with Gasteiger partial charge < -0.3 is 4.57 Å². The van der Waals surface area contributed by atoms with Crippen LogP contribution in [0.4, 0.5) is 0 Å². The Kier molecular flexibility index (Phi) is 4.83. The molecule has 0 radical (unpaired) electrons. The van der Waals surface area contributed by atoms with E-state index in [1.54, 1.807) is 6.92 Å². The molecule has 0 N–H and O–H groups in total. The molecule has 2 aromatic heterocycles. The first kappa shape index (κ1) is 17.1. The van der Waals surface area contributed by atoms with E-state index >= 15 is 0 Å². The Bertz CT molecular complexity index is 904. The molecule has 1 aromatic carbocycles. The van der Waals surface area contributed by atoms with Crippen LogP contribution in [0.3, 0.4) is 0 Å². The van der Waals surface area contributed by atoms with Crippen molar-refractivity contribution in [3.05, 3.63) is 59.2 Å². The summed E-state index contributed by atoms with van der Waals surface area (Å²) in [5, 5.41) is 4.59. The average Bonchev–Trinajstić information content (AvgIpc) is 3.18. The quantitative estimate of drug-likeness (QED) is 0.643. The SMILES string of the molecule is CCn1nc(C)c(CCn2ccnc2-c2cccc(C(C)=O)c2)c1C. The molecule has 130 valence electrons. The van der Waals surface area contributed by atoms with Crippen LogP contribution in [0.1, 0.15) is 41.2 Å². The molecule has 25 heavy (non-hydrogen) atoms. The number of rotatable bonds is 6. The molecule has 0 atom stereocenters. The lowest BCUT2D eigenvalue weighted by Crippen LogP contribution is -2.05. The summed E-state index contributed by atoms with van der Waals surface area (Å²) in [6.45, 7) is 9.61. The number of aromatic nitrogens is 4. The van der Waals surface area contributed by atoms with Gasteiger partial charge in [0.15, 0.2) is 5.78 Å². The number of carbonyl (C=O) groups is 1. The van der Waals surface area contributed by atoms with E-state index in [4.69, 9.17) is 0 Å². The normalized spacial score (nSPS) is 11.0. The van der Waals surface area contributed by atoms with Gasteiger partial charge in [0.05, 0.1) is 5.69 Å². The summed E-state index contributed by atoms with van der Waals surface area (Å²) in [5.74, 6) is 0.958. The zero-order chi connectivity index (χ0) is 18.0. The minimum atomic E-state index is 0.0678. The van der Waals surface area contributed by atoms with Crippen LogP contribution in [0.15, 0.2) is 36.7 Å². The van der Waals surface area contributed by atoms with E-state index in [0.717, 1.165) is 36.6 Å². The highest BCUT2D eigenvalue weighted by Gasteiger charge is 2.13. The first-order valence-corrected chi connectivity index (χ1v) is 8.66. The zero-order valence-electron chi connectivity index (χ0n) is 15.3. The predicted octanol–water partition coefficient (Wildman–Crippen LogP) is 3.83. The van der Waals surface area contributed by atoms with Crippen molar-refractivity contribution in [2.24, 2.45) is 0 Å². The maximum Gasteiger partial charge on any atom is 0.159 e. The third kappa shape index (κ3) is 3.40. The third-order valence-corrected chi connectivity index (χ3v) is 4.68. The Hall–Kier alpha value is -2.69. The van der Waals surface area contributed by atoms with E-state index in [0.29, 0.717) is 5.56 Å². The molecular weight excluding hydrogens is 312 g/mol. The average molecular weight is 336 g/mol. The maximum atomic E-state index is 11.6. The second-order valence-corrected chi connectivity index (χ2v) is 6.30. The van der Waals surface area contributed by atoms with Crippen LogP contribution in [0.25, 0.3) is 11.4 Å². The van der Waals surface area contributed by atoms with Crippen LogP contribution in [0.2, 0.25) is 0 Å². The van der Waals surface area contributed by atoms with Crippen LogP contribution in [0.5, 0.6) is 0 Å². The fraction of sp³-hybridized carbons (Fsp3) is 0.350. The summed E-state index contributed by atoms with van der Waals surface area (Å²) in [4.78, 5) is 16.1. The van der Waals surface area contributed by atoms with Crippen LogP contribution in [0, 0.1) is 13.8 Å². The number of hydrogen-bond acceptors (Lipinski definition) is 3. The molecule has 0 saturated heterocycles. The first-order chi connectivity index (χ1) is 12.0. The lowest BCUT2D eigenvalue weighted by Gasteiger charge is -2.09. The third-order valence-electron chi connectivity index (χ3n) is 4.68. The molecule has 0 bridgehead atoms. The molecule has 0 aliphatic carbocycles. The van der Waals surface area contributed by atoms with Gasteiger partial charge in [-0.05, 0) is 45.7 Å². The molecule has 5 nitrogen and oxygen atoms in total. The molecule has 0 saturated carbocycles. The number of nitrogens with zero attached hydrogens (tertiary/aromatic N) is 4. The highest BCUT2D eigenvalue weighted by atomic mass is 16.1. The lowest BCUT2D eigenvalue weighted by atomic mass is 10.1. The standard InChI is InChI=1S/C20H24N4O/c1-5-24-15(3)19(14(2)22-24)9-11-23-12-10-21-20(23)18-8-6-7-17(13-18)16(4)25/h6-8,10,12-13H,5,9,11H2,1-4H3. The second-order valence-electron chi connectivity index (χ2n) is 6.30. The fourth-order valence-electron chi connectivity index (χ4n) is 3.26. The van der Waals surface area contributed by atoms with Crippen LogP contribution >= 0.6 is 0 Å². The molecule has 0 amide bonds. The number of Topliss-reactive ketones (excluding diaryl/α,β-unsaturated/α-hetero) is 1. The van der Waals surface area contributed by atoms with Crippen molar-refractivity contribution in [1.82, 2.24) is 19.3 Å². The highest BCUT2D eigenvalue weighted by Crippen LogP contribution is 2.21. The van der Waals surface area contributed by atoms with Crippen molar-refractivity contribution < 1.29 is 4.79 Å². The molecule has 0 fully saturated rings. The molecule has 0 unspecified atom stereocenters. The molecule has 0 aliphatic heterocycles. The second kappa shape index (κ2) is 7.05. The number of imidazole rings is 1. The van der Waals surface area contributed by atoms with Crippen molar-refractivity contribution in [1.29, 1.82) is 0 Å². The van der Waals surface area contributed by atoms with Crippen molar-refractivity contribution >= 4 is 5.78 Å². The monoisotopic (exact) mass is 336 g/mol. The van der Waals surface area contributed by atoms with E-state index in [1.165, 1.54) is 11.3 Å².